The number of esters is 2. The lowest BCUT2D eigenvalue weighted by molar-refractivity contribution is -0.137. The van der Waals surface area contributed by atoms with E-state index in [0.717, 1.165) is 65.0 Å². The molecular formula is C44H49N3O7S. The summed E-state index contributed by atoms with van der Waals surface area (Å²) in [6.07, 6.45) is 8.52. The third-order valence-electron chi connectivity index (χ3n) is 8.57. The Balaban J connectivity index is 1.30. The molecule has 0 spiro atoms. The van der Waals surface area contributed by atoms with Crippen molar-refractivity contribution in [3.63, 3.8) is 0 Å². The molecule has 0 bridgehead atoms. The molecule has 0 radical (unpaired) electrons. The smallest absolute Gasteiger partial charge is 0.343 e. The normalized spacial score (nSPS) is 11.2. The predicted octanol–water partition coefficient (Wildman–Crippen LogP) is 9.31. The van der Waals surface area contributed by atoms with Crippen molar-refractivity contribution < 1.29 is 33.3 Å². The van der Waals surface area contributed by atoms with Gasteiger partial charge in [-0.25, -0.2) is 19.6 Å². The summed E-state index contributed by atoms with van der Waals surface area (Å²) in [7, 11) is 1.64. The molecule has 0 N–H and O–H groups in total. The molecule has 4 aromatic carbocycles. The van der Waals surface area contributed by atoms with E-state index in [1.54, 1.807) is 48.9 Å². The number of para-hydroxylation sites is 1. The van der Waals surface area contributed by atoms with Gasteiger partial charge >= 0.3 is 11.9 Å². The molecule has 0 fully saturated rings. The minimum atomic E-state index is -0.496. The zero-order valence-corrected chi connectivity index (χ0v) is 32.4. The van der Waals surface area contributed by atoms with Crippen molar-refractivity contribution in [1.82, 2.24) is 4.98 Å². The fraction of sp³-hybridized carbons (Fsp3) is 0.318. The van der Waals surface area contributed by atoms with E-state index < -0.39 is 11.9 Å². The summed E-state index contributed by atoms with van der Waals surface area (Å²) in [5.74, 6) is 0.149. The molecule has 0 amide bonds. The van der Waals surface area contributed by atoms with Crippen molar-refractivity contribution in [2.75, 3.05) is 51.7 Å². The van der Waals surface area contributed by atoms with Crippen molar-refractivity contribution in [2.45, 2.75) is 45.4 Å². The predicted molar refractivity (Wildman–Crippen MR) is 220 cm³/mol. The highest BCUT2D eigenvalue weighted by molar-refractivity contribution is 7.22. The average Bonchev–Trinajstić information content (AvgIpc) is 3.65. The first-order valence-electron chi connectivity index (χ1n) is 18.7. The molecule has 10 nitrogen and oxygen atoms in total. The molecule has 0 unspecified atom stereocenters. The van der Waals surface area contributed by atoms with Crippen LogP contribution in [-0.2, 0) is 25.4 Å². The summed E-state index contributed by atoms with van der Waals surface area (Å²) < 4.78 is 28.9. The van der Waals surface area contributed by atoms with Gasteiger partial charge in [-0.3, -0.25) is 0 Å². The van der Waals surface area contributed by atoms with Crippen LogP contribution in [0.4, 0.5) is 5.13 Å². The monoisotopic (exact) mass is 763 g/mol. The van der Waals surface area contributed by atoms with Crippen molar-refractivity contribution >= 4 is 44.8 Å². The molecule has 0 aliphatic carbocycles. The minimum Gasteiger partial charge on any atom is -0.494 e. The maximum Gasteiger partial charge on any atom is 0.343 e. The topological polar surface area (TPSA) is 109 Å². The Bertz CT molecular complexity index is 1960. The molecule has 288 valence electrons. The maximum absolute atomic E-state index is 13.5. The summed E-state index contributed by atoms with van der Waals surface area (Å²) in [5.41, 5.74) is 5.22. The molecule has 1 heterocycles. The van der Waals surface area contributed by atoms with Crippen LogP contribution < -0.4 is 14.5 Å². The summed E-state index contributed by atoms with van der Waals surface area (Å²) in [6.45, 7) is 8.34. The second-order valence-corrected chi connectivity index (χ2v) is 13.7. The largest absolute Gasteiger partial charge is 0.494 e. The van der Waals surface area contributed by atoms with Crippen molar-refractivity contribution in [3.05, 3.63) is 120 Å². The zero-order chi connectivity index (χ0) is 38.7. The molecule has 0 atom stereocenters. The Kier molecular flexibility index (Phi) is 16.4. The van der Waals surface area contributed by atoms with E-state index in [1.165, 1.54) is 11.6 Å². The van der Waals surface area contributed by atoms with Crippen LogP contribution in [0.25, 0.3) is 21.3 Å². The fourth-order valence-corrected chi connectivity index (χ4v) is 6.55. The first kappa shape index (κ1) is 40.8. The van der Waals surface area contributed by atoms with Gasteiger partial charge in [-0.15, -0.1) is 0 Å². The Morgan fingerprint density at radius 1 is 0.855 bits per heavy atom. The SMILES string of the molecule is C=CC(=O)OCCCCCCOc1ccc(C(=O)Oc2ccc(-c3ccc(CCC)cc3)cc2/C=N/N(CCOCCOC)c2nc3ccccc3s2)cc1. The summed E-state index contributed by atoms with van der Waals surface area (Å²) >= 11 is 1.55. The number of aryl methyl sites for hydroxylation is 1. The number of ether oxygens (including phenoxy) is 5. The van der Waals surface area contributed by atoms with E-state index in [4.69, 9.17) is 33.8 Å². The fourth-order valence-electron chi connectivity index (χ4n) is 5.60. The Morgan fingerprint density at radius 2 is 1.62 bits per heavy atom. The number of carbonyl (C=O) groups is 2. The summed E-state index contributed by atoms with van der Waals surface area (Å²) in [6, 6.07) is 29.2. The number of nitrogens with zero attached hydrogens (tertiary/aromatic N) is 3. The van der Waals surface area contributed by atoms with Gasteiger partial charge in [0.15, 0.2) is 0 Å². The number of methoxy groups -OCH3 is 1. The number of aromatic nitrogens is 1. The van der Waals surface area contributed by atoms with Gasteiger partial charge in [-0.2, -0.15) is 5.10 Å². The third-order valence-corrected chi connectivity index (χ3v) is 9.62. The van der Waals surface area contributed by atoms with Crippen molar-refractivity contribution in [2.24, 2.45) is 5.10 Å². The Hall–Kier alpha value is -5.36. The van der Waals surface area contributed by atoms with Crippen LogP contribution in [0.2, 0.25) is 0 Å². The van der Waals surface area contributed by atoms with Crippen LogP contribution >= 0.6 is 11.3 Å². The van der Waals surface area contributed by atoms with Gasteiger partial charge < -0.3 is 23.7 Å². The van der Waals surface area contributed by atoms with E-state index in [9.17, 15) is 9.59 Å². The number of rotatable bonds is 23. The highest BCUT2D eigenvalue weighted by atomic mass is 32.1. The number of thiazole rings is 1. The van der Waals surface area contributed by atoms with Crippen molar-refractivity contribution in [1.29, 1.82) is 0 Å². The van der Waals surface area contributed by atoms with E-state index in [2.05, 4.69) is 37.8 Å². The summed E-state index contributed by atoms with van der Waals surface area (Å²) in [5, 5.41) is 7.42. The van der Waals surface area contributed by atoms with Crippen LogP contribution in [0.5, 0.6) is 11.5 Å². The van der Waals surface area contributed by atoms with Crippen molar-refractivity contribution in [3.8, 4) is 22.6 Å². The van der Waals surface area contributed by atoms with E-state index in [0.29, 0.717) is 62.2 Å². The second-order valence-electron chi connectivity index (χ2n) is 12.7. The molecule has 55 heavy (non-hydrogen) atoms. The number of benzene rings is 4. The maximum atomic E-state index is 13.5. The molecule has 0 aliphatic heterocycles. The van der Waals surface area contributed by atoms with E-state index in [1.807, 2.05) is 47.5 Å². The lowest BCUT2D eigenvalue weighted by atomic mass is 10.0. The highest BCUT2D eigenvalue weighted by Gasteiger charge is 2.15. The van der Waals surface area contributed by atoms with Crippen LogP contribution in [0, 0.1) is 0 Å². The molecule has 1 aromatic heterocycles. The van der Waals surface area contributed by atoms with Crippen LogP contribution in [0.1, 0.15) is 60.5 Å². The van der Waals surface area contributed by atoms with Gasteiger partial charge in [0.2, 0.25) is 5.13 Å². The molecule has 5 aromatic rings. The number of hydrogen-bond donors (Lipinski definition) is 0. The highest BCUT2D eigenvalue weighted by Crippen LogP contribution is 2.30. The minimum absolute atomic E-state index is 0.375. The van der Waals surface area contributed by atoms with E-state index >= 15 is 0 Å². The van der Waals surface area contributed by atoms with Gasteiger partial charge in [-0.1, -0.05) is 73.7 Å². The van der Waals surface area contributed by atoms with Crippen LogP contribution in [0.3, 0.4) is 0 Å². The van der Waals surface area contributed by atoms with Crippen LogP contribution in [0.15, 0.2) is 109 Å². The van der Waals surface area contributed by atoms with Gasteiger partial charge in [0.05, 0.1) is 61.6 Å². The lowest BCUT2D eigenvalue weighted by Gasteiger charge is -2.16. The zero-order valence-electron chi connectivity index (χ0n) is 31.6. The van der Waals surface area contributed by atoms with Gasteiger partial charge in [0.1, 0.15) is 11.5 Å². The Labute approximate surface area is 327 Å². The molecule has 0 aliphatic rings. The first-order valence-corrected chi connectivity index (χ1v) is 19.5. The quantitative estimate of drug-likeness (QED) is 0.0161. The summed E-state index contributed by atoms with van der Waals surface area (Å²) in [4.78, 5) is 29.4. The third kappa shape index (κ3) is 12.9. The standard InChI is InChI=1S/C44H49N3O7S/c1-4-12-33-15-17-34(18-16-33)36-21-24-40(54-43(49)35-19-22-38(23-20-35)52-26-10-6-7-11-27-53-42(48)5-2)37(31-36)32-45-47(25-28-51-30-29-50-3)44-46-39-13-8-9-14-41(39)55-44/h5,8-9,13-24,31-32H,2,4,6-7,10-12,25-30H2,1,3H3/b45-32+. The number of hydrazone groups is 1. The molecule has 0 saturated heterocycles. The van der Waals surface area contributed by atoms with Crippen LogP contribution in [-0.4, -0.2) is 69.8 Å². The molecular weight excluding hydrogens is 715 g/mol. The van der Waals surface area contributed by atoms with E-state index in [-0.39, 0.29) is 0 Å². The molecule has 0 saturated carbocycles. The number of anilines is 1. The number of hydrogen-bond acceptors (Lipinski definition) is 11. The molecule has 11 heteroatoms. The number of unbranched alkanes of at least 4 members (excludes halogenated alkanes) is 3. The average molecular weight is 764 g/mol. The van der Waals surface area contributed by atoms with Gasteiger partial charge in [0, 0.05) is 18.7 Å². The number of carbonyl (C=O) groups excluding carboxylic acids is 2. The lowest BCUT2D eigenvalue weighted by Crippen LogP contribution is -2.23. The Morgan fingerprint density at radius 3 is 2.36 bits per heavy atom. The van der Waals surface area contributed by atoms with Gasteiger partial charge in [-0.05, 0) is 97.3 Å². The first-order chi connectivity index (χ1) is 27.0. The number of fused-ring (bicyclic) bond motifs is 1. The second kappa shape index (κ2) is 22.1. The molecule has 5 rings (SSSR count). The van der Waals surface area contributed by atoms with Gasteiger partial charge in [0.25, 0.3) is 0 Å².